The maximum absolute atomic E-state index is 13.8. The Bertz CT molecular complexity index is 745. The second-order valence-corrected chi connectivity index (χ2v) is 7.12. The third-order valence-electron chi connectivity index (χ3n) is 3.91. The Kier molecular flexibility index (Phi) is 6.50. The highest BCUT2D eigenvalue weighted by molar-refractivity contribution is 7.99. The molecule has 0 N–H and O–H groups in total. The summed E-state index contributed by atoms with van der Waals surface area (Å²) >= 11 is 1.82. The average Bonchev–Trinajstić information content (AvgIpc) is 3.09. The van der Waals surface area contributed by atoms with Crippen molar-refractivity contribution in [2.24, 2.45) is 4.99 Å². The highest BCUT2D eigenvalue weighted by Crippen LogP contribution is 2.23. The summed E-state index contributed by atoms with van der Waals surface area (Å²) in [5.74, 6) is 0.602. The summed E-state index contributed by atoms with van der Waals surface area (Å²) in [6.07, 6.45) is 1.76. The van der Waals surface area contributed by atoms with Gasteiger partial charge in [-0.05, 0) is 48.6 Å². The normalized spacial score (nSPS) is 16.3. The van der Waals surface area contributed by atoms with Gasteiger partial charge in [0.15, 0.2) is 0 Å². The Balaban J connectivity index is 1.51. The summed E-state index contributed by atoms with van der Waals surface area (Å²) in [4.78, 5) is 5.52. The van der Waals surface area contributed by atoms with Gasteiger partial charge < -0.3 is 9.47 Å². The second-order valence-electron chi connectivity index (χ2n) is 5.95. The van der Waals surface area contributed by atoms with Crippen LogP contribution in [0.2, 0.25) is 0 Å². The molecule has 0 saturated heterocycles. The Morgan fingerprint density at radius 2 is 1.88 bits per heavy atom. The molecule has 1 aliphatic rings. The van der Waals surface area contributed by atoms with Crippen molar-refractivity contribution in [1.29, 1.82) is 0 Å². The number of halogens is 2. The maximum Gasteiger partial charge on any atom is 0.222 e. The molecule has 0 aliphatic carbocycles. The molecule has 2 aromatic carbocycles. The van der Waals surface area contributed by atoms with Gasteiger partial charge in [-0.15, -0.1) is 11.8 Å². The molecular weight excluding hydrogens is 356 g/mol. The zero-order valence-corrected chi connectivity index (χ0v) is 15.4. The van der Waals surface area contributed by atoms with Crippen molar-refractivity contribution in [1.82, 2.24) is 0 Å². The van der Waals surface area contributed by atoms with Crippen LogP contribution in [0.4, 0.5) is 8.78 Å². The molecular formula is C20H21F2NO2S. The molecule has 0 fully saturated rings. The van der Waals surface area contributed by atoms with Gasteiger partial charge in [-0.3, -0.25) is 0 Å². The zero-order valence-electron chi connectivity index (χ0n) is 14.6. The van der Waals surface area contributed by atoms with E-state index in [9.17, 15) is 8.78 Å². The standard InChI is InChI=1S/C20H21F2NO2S/c1-2-12-26-16-8-6-15(7-9-16)24-11-10-14-13-25-20(23-14)19-17(21)4-3-5-18(19)22/h3-9,14H,2,10-13H2,1H3. The number of benzene rings is 2. The Morgan fingerprint density at radius 3 is 2.58 bits per heavy atom. The fourth-order valence-electron chi connectivity index (χ4n) is 2.57. The van der Waals surface area contributed by atoms with E-state index in [1.54, 1.807) is 0 Å². The minimum absolute atomic E-state index is 0.0305. The van der Waals surface area contributed by atoms with Crippen LogP contribution in [0.3, 0.4) is 0 Å². The molecule has 2 aromatic rings. The van der Waals surface area contributed by atoms with Gasteiger partial charge >= 0.3 is 0 Å². The Hall–Kier alpha value is -2.08. The molecule has 3 nitrogen and oxygen atoms in total. The lowest BCUT2D eigenvalue weighted by molar-refractivity contribution is 0.264. The van der Waals surface area contributed by atoms with Crippen LogP contribution in [-0.4, -0.2) is 30.9 Å². The molecule has 1 aliphatic heterocycles. The molecule has 0 bridgehead atoms. The molecule has 0 aromatic heterocycles. The summed E-state index contributed by atoms with van der Waals surface area (Å²) in [6.45, 7) is 2.93. The van der Waals surface area contributed by atoms with E-state index in [4.69, 9.17) is 9.47 Å². The number of hydrogen-bond acceptors (Lipinski definition) is 4. The third-order valence-corrected chi connectivity index (χ3v) is 5.12. The predicted octanol–water partition coefficient (Wildman–Crippen LogP) is 5.08. The number of nitrogens with zero attached hydrogens (tertiary/aromatic N) is 1. The van der Waals surface area contributed by atoms with Crippen molar-refractivity contribution in [3.63, 3.8) is 0 Å². The first kappa shape index (κ1) is 18.7. The highest BCUT2D eigenvalue weighted by atomic mass is 32.2. The van der Waals surface area contributed by atoms with Crippen molar-refractivity contribution in [2.75, 3.05) is 19.0 Å². The first-order valence-electron chi connectivity index (χ1n) is 8.68. The average molecular weight is 377 g/mol. The van der Waals surface area contributed by atoms with Crippen LogP contribution in [-0.2, 0) is 4.74 Å². The van der Waals surface area contributed by atoms with E-state index in [2.05, 4.69) is 11.9 Å². The third kappa shape index (κ3) is 4.75. The number of ether oxygens (including phenoxy) is 2. The zero-order chi connectivity index (χ0) is 18.4. The minimum atomic E-state index is -0.665. The van der Waals surface area contributed by atoms with Crippen molar-refractivity contribution < 1.29 is 18.3 Å². The van der Waals surface area contributed by atoms with E-state index in [1.165, 1.54) is 23.1 Å². The SMILES string of the molecule is CCCSc1ccc(OCCC2COC(c3c(F)cccc3F)=N2)cc1. The Morgan fingerprint density at radius 1 is 1.15 bits per heavy atom. The molecule has 26 heavy (non-hydrogen) atoms. The number of rotatable bonds is 8. The van der Waals surface area contributed by atoms with Crippen LogP contribution in [0.25, 0.3) is 0 Å². The smallest absolute Gasteiger partial charge is 0.222 e. The molecule has 0 amide bonds. The van der Waals surface area contributed by atoms with E-state index in [0.29, 0.717) is 19.6 Å². The van der Waals surface area contributed by atoms with Gasteiger partial charge in [0.25, 0.3) is 0 Å². The van der Waals surface area contributed by atoms with Crippen LogP contribution >= 0.6 is 11.8 Å². The first-order chi connectivity index (χ1) is 12.7. The van der Waals surface area contributed by atoms with Gasteiger partial charge in [-0.1, -0.05) is 13.0 Å². The Labute approximate surface area is 156 Å². The van der Waals surface area contributed by atoms with Crippen molar-refractivity contribution in [3.05, 3.63) is 59.7 Å². The van der Waals surface area contributed by atoms with Gasteiger partial charge in [-0.2, -0.15) is 0 Å². The van der Waals surface area contributed by atoms with Crippen molar-refractivity contribution in [2.45, 2.75) is 30.7 Å². The van der Waals surface area contributed by atoms with Gasteiger partial charge in [0.2, 0.25) is 5.90 Å². The van der Waals surface area contributed by atoms with Crippen LogP contribution in [0.15, 0.2) is 52.4 Å². The van der Waals surface area contributed by atoms with Gasteiger partial charge in [0, 0.05) is 11.3 Å². The lowest BCUT2D eigenvalue weighted by atomic mass is 10.2. The first-order valence-corrected chi connectivity index (χ1v) is 9.66. The predicted molar refractivity (Wildman–Crippen MR) is 100 cm³/mol. The molecule has 138 valence electrons. The van der Waals surface area contributed by atoms with Crippen LogP contribution in [0.5, 0.6) is 5.75 Å². The fraction of sp³-hybridized carbons (Fsp3) is 0.350. The van der Waals surface area contributed by atoms with Crippen molar-refractivity contribution >= 4 is 17.7 Å². The van der Waals surface area contributed by atoms with Crippen LogP contribution in [0, 0.1) is 11.6 Å². The summed E-state index contributed by atoms with van der Waals surface area (Å²) in [5, 5.41) is 0. The molecule has 1 heterocycles. The number of hydrogen-bond donors (Lipinski definition) is 0. The van der Waals surface area contributed by atoms with Crippen LogP contribution in [0.1, 0.15) is 25.3 Å². The second kappa shape index (κ2) is 9.03. The summed E-state index contributed by atoms with van der Waals surface area (Å²) in [6, 6.07) is 11.5. The minimum Gasteiger partial charge on any atom is -0.494 e. The van der Waals surface area contributed by atoms with Gasteiger partial charge in [0.05, 0.1) is 12.6 Å². The summed E-state index contributed by atoms with van der Waals surface area (Å²) < 4.78 is 38.7. The van der Waals surface area contributed by atoms with E-state index < -0.39 is 11.6 Å². The van der Waals surface area contributed by atoms with Gasteiger partial charge in [0.1, 0.15) is 29.6 Å². The fourth-order valence-corrected chi connectivity index (χ4v) is 3.34. The highest BCUT2D eigenvalue weighted by Gasteiger charge is 2.24. The lowest BCUT2D eigenvalue weighted by Gasteiger charge is -2.08. The van der Waals surface area contributed by atoms with E-state index in [0.717, 1.165) is 17.9 Å². The lowest BCUT2D eigenvalue weighted by Crippen LogP contribution is -2.11. The van der Waals surface area contributed by atoms with Crippen LogP contribution < -0.4 is 4.74 Å². The molecule has 1 atom stereocenters. The molecule has 3 rings (SSSR count). The molecule has 0 saturated carbocycles. The molecule has 0 radical (unpaired) electrons. The largest absolute Gasteiger partial charge is 0.494 e. The van der Waals surface area contributed by atoms with E-state index in [-0.39, 0.29) is 17.5 Å². The molecule has 0 spiro atoms. The number of thioether (sulfide) groups is 1. The summed E-state index contributed by atoms with van der Waals surface area (Å²) in [7, 11) is 0. The maximum atomic E-state index is 13.8. The number of aliphatic imine (C=N–C) groups is 1. The van der Waals surface area contributed by atoms with Crippen molar-refractivity contribution in [3.8, 4) is 5.75 Å². The molecule has 6 heteroatoms. The van der Waals surface area contributed by atoms with E-state index >= 15 is 0 Å². The topological polar surface area (TPSA) is 30.8 Å². The van der Waals surface area contributed by atoms with Gasteiger partial charge in [-0.25, -0.2) is 13.8 Å². The monoisotopic (exact) mass is 377 g/mol. The van der Waals surface area contributed by atoms with E-state index in [1.807, 2.05) is 36.0 Å². The quantitative estimate of drug-likeness (QED) is 0.601. The summed E-state index contributed by atoms with van der Waals surface area (Å²) in [5.41, 5.74) is -0.198. The molecule has 1 unspecified atom stereocenters.